The second kappa shape index (κ2) is 1.73. The third-order valence-corrected chi connectivity index (χ3v) is 1.37. The molecule has 1 heterocycles. The van der Waals surface area contributed by atoms with Crippen LogP contribution in [0.1, 0.15) is 0 Å². The minimum absolute atomic E-state index is 0.0370. The molecule has 0 saturated carbocycles. The summed E-state index contributed by atoms with van der Waals surface area (Å²) in [7, 11) is 9.51. The van der Waals surface area contributed by atoms with E-state index in [-0.39, 0.29) is 6.07 Å². The zero-order valence-electron chi connectivity index (χ0n) is 5.20. The second-order valence-electron chi connectivity index (χ2n) is 2.04. The van der Waals surface area contributed by atoms with E-state index < -0.39 is 0 Å². The number of hydrogen-bond donors (Lipinski definition) is 0. The van der Waals surface area contributed by atoms with Crippen molar-refractivity contribution in [3.63, 3.8) is 0 Å². The molecular weight excluding hydrogens is 98.9 g/mol. The van der Waals surface area contributed by atoms with Crippen molar-refractivity contribution in [2.45, 2.75) is 6.07 Å². The van der Waals surface area contributed by atoms with E-state index in [0.717, 1.165) is 0 Å². The quantitative estimate of drug-likeness (QED) is 0.396. The smallest absolute Gasteiger partial charge is 0.129 e. The maximum Gasteiger partial charge on any atom is 0.129 e. The molecule has 0 N–H and O–H groups in total. The summed E-state index contributed by atoms with van der Waals surface area (Å²) in [5.74, 6) is 0. The zero-order chi connectivity index (χ0) is 6.15. The molecule has 0 bridgehead atoms. The van der Waals surface area contributed by atoms with Crippen LogP contribution in [0.15, 0.2) is 12.4 Å². The van der Waals surface area contributed by atoms with Crippen molar-refractivity contribution in [2.24, 2.45) is 0 Å². The van der Waals surface area contributed by atoms with Crippen molar-refractivity contribution >= 4 is 7.85 Å². The minimum atomic E-state index is 0.0370. The van der Waals surface area contributed by atoms with Gasteiger partial charge in [0.25, 0.3) is 0 Å². The monoisotopic (exact) mass is 108 g/mol. The first-order chi connectivity index (χ1) is 3.72. The molecule has 1 rings (SSSR count). The van der Waals surface area contributed by atoms with Crippen LogP contribution in [0, 0.1) is 0 Å². The van der Waals surface area contributed by atoms with Gasteiger partial charge in [0.1, 0.15) is 7.85 Å². The van der Waals surface area contributed by atoms with Gasteiger partial charge < -0.3 is 9.80 Å². The first-order valence-electron chi connectivity index (χ1n) is 2.59. The van der Waals surface area contributed by atoms with Gasteiger partial charge in [-0.2, -0.15) is 0 Å². The molecule has 42 valence electrons. The number of nitrogens with zero attached hydrogens (tertiary/aromatic N) is 2. The molecule has 8 heavy (non-hydrogen) atoms. The van der Waals surface area contributed by atoms with Crippen LogP contribution < -0.4 is 0 Å². The molecule has 0 fully saturated rings. The average Bonchev–Trinajstić information content (AvgIpc) is 1.98. The predicted molar refractivity (Wildman–Crippen MR) is 34.2 cm³/mol. The Morgan fingerprint density at radius 3 is 1.75 bits per heavy atom. The topological polar surface area (TPSA) is 6.48 Å². The Morgan fingerprint density at radius 2 is 1.62 bits per heavy atom. The average molecular weight is 108 g/mol. The lowest BCUT2D eigenvalue weighted by Crippen LogP contribution is -2.33. The molecule has 1 aliphatic heterocycles. The lowest BCUT2D eigenvalue weighted by atomic mass is 10.0. The van der Waals surface area contributed by atoms with Gasteiger partial charge in [0, 0.05) is 26.5 Å². The predicted octanol–water partition coefficient (Wildman–Crippen LogP) is -0.213. The Kier molecular flexibility index (Phi) is 1.20. The van der Waals surface area contributed by atoms with Gasteiger partial charge in [-0.25, -0.2) is 0 Å². The van der Waals surface area contributed by atoms with Crippen LogP contribution in [0.5, 0.6) is 0 Å². The molecule has 3 heteroatoms. The molecular formula is C5H9BN2. The highest BCUT2D eigenvalue weighted by Crippen LogP contribution is 2.05. The van der Waals surface area contributed by atoms with Gasteiger partial charge in [-0.15, -0.1) is 0 Å². The fourth-order valence-electron chi connectivity index (χ4n) is 0.674. The zero-order valence-corrected chi connectivity index (χ0v) is 5.20. The third kappa shape index (κ3) is 0.682. The lowest BCUT2D eigenvalue weighted by Gasteiger charge is -2.23. The summed E-state index contributed by atoms with van der Waals surface area (Å²) in [5.41, 5.74) is 0. The van der Waals surface area contributed by atoms with Crippen LogP contribution >= 0.6 is 0 Å². The Morgan fingerprint density at radius 1 is 1.25 bits per heavy atom. The summed E-state index contributed by atoms with van der Waals surface area (Å²) in [6, 6.07) is 0.0370. The summed E-state index contributed by atoms with van der Waals surface area (Å²) in [6.45, 7) is 0. The van der Waals surface area contributed by atoms with Crippen molar-refractivity contribution in [3.05, 3.63) is 12.4 Å². The van der Waals surface area contributed by atoms with Crippen molar-refractivity contribution in [1.82, 2.24) is 9.80 Å². The number of rotatable bonds is 0. The molecule has 0 unspecified atom stereocenters. The molecule has 1 aliphatic rings. The largest absolute Gasteiger partial charge is 0.368 e. The van der Waals surface area contributed by atoms with Crippen LogP contribution in [-0.4, -0.2) is 37.8 Å². The Hall–Kier alpha value is -0.595. The van der Waals surface area contributed by atoms with Crippen LogP contribution in [0.4, 0.5) is 0 Å². The van der Waals surface area contributed by atoms with Crippen molar-refractivity contribution < 1.29 is 0 Å². The summed E-state index contributed by atoms with van der Waals surface area (Å²) in [4.78, 5) is 3.89. The first kappa shape index (κ1) is 5.54. The van der Waals surface area contributed by atoms with E-state index in [1.165, 1.54) is 0 Å². The van der Waals surface area contributed by atoms with Gasteiger partial charge in [0.05, 0.1) is 6.07 Å². The molecule has 0 spiro atoms. The van der Waals surface area contributed by atoms with Crippen LogP contribution in [0.2, 0.25) is 0 Å². The maximum absolute atomic E-state index is 5.61. The molecule has 0 aliphatic carbocycles. The molecule has 2 radical (unpaired) electrons. The molecule has 0 atom stereocenters. The van der Waals surface area contributed by atoms with Crippen LogP contribution in [-0.2, 0) is 0 Å². The maximum atomic E-state index is 5.61. The van der Waals surface area contributed by atoms with Gasteiger partial charge in [0.2, 0.25) is 0 Å². The standard InChI is InChI=1S/C5H9BN2/c1-7-3-4-8(2)5(7)6/h3-5H,1-2H3. The second-order valence-corrected chi connectivity index (χ2v) is 2.04. The highest BCUT2D eigenvalue weighted by atomic mass is 15.3. The van der Waals surface area contributed by atoms with E-state index in [1.54, 1.807) is 0 Å². The molecule has 2 nitrogen and oxygen atoms in total. The highest BCUT2D eigenvalue weighted by Gasteiger charge is 2.12. The highest BCUT2D eigenvalue weighted by molar-refractivity contribution is 6.11. The summed E-state index contributed by atoms with van der Waals surface area (Å²) >= 11 is 0. The van der Waals surface area contributed by atoms with E-state index in [2.05, 4.69) is 0 Å². The minimum Gasteiger partial charge on any atom is -0.368 e. The SMILES string of the molecule is [B]C1N(C)C=CN1C. The van der Waals surface area contributed by atoms with E-state index in [1.807, 2.05) is 36.3 Å². The Balaban J connectivity index is 2.55. The Bertz CT molecular complexity index is 101. The van der Waals surface area contributed by atoms with Gasteiger partial charge in [-0.1, -0.05) is 0 Å². The fourth-order valence-corrected chi connectivity index (χ4v) is 0.674. The Labute approximate surface area is 51.2 Å². The van der Waals surface area contributed by atoms with E-state index in [0.29, 0.717) is 0 Å². The summed E-state index contributed by atoms with van der Waals surface area (Å²) in [6.07, 6.45) is 3.90. The third-order valence-electron chi connectivity index (χ3n) is 1.37. The van der Waals surface area contributed by atoms with Crippen LogP contribution in [0.3, 0.4) is 0 Å². The van der Waals surface area contributed by atoms with E-state index in [4.69, 9.17) is 7.85 Å². The molecule has 0 saturated heterocycles. The van der Waals surface area contributed by atoms with Crippen LogP contribution in [0.25, 0.3) is 0 Å². The van der Waals surface area contributed by atoms with E-state index >= 15 is 0 Å². The lowest BCUT2D eigenvalue weighted by molar-refractivity contribution is 0.293. The normalized spacial score (nSPS) is 20.8. The summed E-state index contributed by atoms with van der Waals surface area (Å²) < 4.78 is 0. The first-order valence-corrected chi connectivity index (χ1v) is 2.59. The van der Waals surface area contributed by atoms with Crippen molar-refractivity contribution in [3.8, 4) is 0 Å². The molecule has 0 aromatic heterocycles. The molecule has 0 aromatic carbocycles. The van der Waals surface area contributed by atoms with Gasteiger partial charge in [0.15, 0.2) is 0 Å². The molecule has 0 aromatic rings. The molecule has 0 amide bonds. The van der Waals surface area contributed by atoms with E-state index in [9.17, 15) is 0 Å². The number of hydrogen-bond acceptors (Lipinski definition) is 2. The van der Waals surface area contributed by atoms with Gasteiger partial charge in [-0.05, 0) is 0 Å². The summed E-state index contributed by atoms with van der Waals surface area (Å²) in [5, 5.41) is 0. The van der Waals surface area contributed by atoms with Crippen molar-refractivity contribution in [2.75, 3.05) is 14.1 Å². The fraction of sp³-hybridized carbons (Fsp3) is 0.600. The van der Waals surface area contributed by atoms with Gasteiger partial charge in [-0.3, -0.25) is 0 Å². The van der Waals surface area contributed by atoms with Gasteiger partial charge >= 0.3 is 0 Å². The van der Waals surface area contributed by atoms with Crippen molar-refractivity contribution in [1.29, 1.82) is 0 Å².